The van der Waals surface area contributed by atoms with Gasteiger partial charge in [0.2, 0.25) is 11.9 Å². The SMILES string of the molecule is CCC(=O)NC1(C(F)(F)F)C(=O)Nc2nc3c(F)c(C(C)O)ccc3n21. The van der Waals surface area contributed by atoms with Crippen molar-refractivity contribution in [3.05, 3.63) is 23.5 Å². The molecule has 140 valence electrons. The lowest BCUT2D eigenvalue weighted by Gasteiger charge is -2.31. The lowest BCUT2D eigenvalue weighted by Crippen LogP contribution is -2.63. The van der Waals surface area contributed by atoms with Crippen LogP contribution < -0.4 is 10.6 Å². The Morgan fingerprint density at radius 1 is 1.46 bits per heavy atom. The highest BCUT2D eigenvalue weighted by molar-refractivity contribution is 6.05. The number of aliphatic hydroxyl groups excluding tert-OH is 1. The van der Waals surface area contributed by atoms with Crippen molar-refractivity contribution in [2.45, 2.75) is 38.2 Å². The third kappa shape index (κ3) is 2.26. The summed E-state index contributed by atoms with van der Waals surface area (Å²) >= 11 is 0. The van der Waals surface area contributed by atoms with Gasteiger partial charge in [0.25, 0.3) is 11.6 Å². The molecule has 11 heteroatoms. The van der Waals surface area contributed by atoms with E-state index in [4.69, 9.17) is 0 Å². The summed E-state index contributed by atoms with van der Waals surface area (Å²) in [4.78, 5) is 27.6. The van der Waals surface area contributed by atoms with E-state index >= 15 is 0 Å². The Labute approximate surface area is 144 Å². The van der Waals surface area contributed by atoms with Crippen LogP contribution in [0.3, 0.4) is 0 Å². The predicted molar refractivity (Wildman–Crippen MR) is 81.4 cm³/mol. The minimum absolute atomic E-state index is 0.157. The van der Waals surface area contributed by atoms with Crippen LogP contribution >= 0.6 is 0 Å². The Balaban J connectivity index is 2.34. The number of amides is 2. The fourth-order valence-corrected chi connectivity index (χ4v) is 2.90. The Bertz CT molecular complexity index is 922. The van der Waals surface area contributed by atoms with Gasteiger partial charge in [-0.25, -0.2) is 9.37 Å². The van der Waals surface area contributed by atoms with E-state index < -0.39 is 47.0 Å². The van der Waals surface area contributed by atoms with Gasteiger partial charge in [-0.1, -0.05) is 13.0 Å². The molecule has 3 rings (SSSR count). The molecule has 1 aromatic heterocycles. The zero-order valence-corrected chi connectivity index (χ0v) is 13.6. The number of carbonyl (C=O) groups excluding carboxylic acids is 2. The lowest BCUT2D eigenvalue weighted by atomic mass is 10.1. The van der Waals surface area contributed by atoms with E-state index in [0.717, 1.165) is 12.1 Å². The molecule has 1 aliphatic heterocycles. The van der Waals surface area contributed by atoms with Crippen LogP contribution in [0.5, 0.6) is 0 Å². The highest BCUT2D eigenvalue weighted by atomic mass is 19.4. The van der Waals surface area contributed by atoms with Gasteiger partial charge in [-0.15, -0.1) is 0 Å². The zero-order valence-electron chi connectivity index (χ0n) is 13.6. The molecule has 0 aliphatic carbocycles. The monoisotopic (exact) mass is 374 g/mol. The number of alkyl halides is 3. The molecule has 0 bridgehead atoms. The third-order valence-corrected chi connectivity index (χ3v) is 4.19. The topological polar surface area (TPSA) is 96.2 Å². The van der Waals surface area contributed by atoms with Gasteiger partial charge in [-0.3, -0.25) is 19.5 Å². The quantitative estimate of drug-likeness (QED) is 0.716. The van der Waals surface area contributed by atoms with Gasteiger partial charge in [-0.2, -0.15) is 13.2 Å². The van der Waals surface area contributed by atoms with Crippen molar-refractivity contribution in [2.75, 3.05) is 5.32 Å². The van der Waals surface area contributed by atoms with Crippen LogP contribution in [0.4, 0.5) is 23.5 Å². The number of fused-ring (bicyclic) bond motifs is 3. The first-order chi connectivity index (χ1) is 12.0. The molecule has 1 aliphatic rings. The highest BCUT2D eigenvalue weighted by Gasteiger charge is 2.67. The van der Waals surface area contributed by atoms with Gasteiger partial charge in [0.15, 0.2) is 5.82 Å². The molecule has 0 saturated heterocycles. The van der Waals surface area contributed by atoms with Gasteiger partial charge < -0.3 is 10.4 Å². The fourth-order valence-electron chi connectivity index (χ4n) is 2.90. The molecule has 0 saturated carbocycles. The van der Waals surface area contributed by atoms with Crippen LogP contribution in [0, 0.1) is 5.82 Å². The zero-order chi connectivity index (χ0) is 19.4. The second-order valence-electron chi connectivity index (χ2n) is 5.85. The maximum absolute atomic E-state index is 14.5. The van der Waals surface area contributed by atoms with Crippen LogP contribution in [0.15, 0.2) is 12.1 Å². The predicted octanol–water partition coefficient (Wildman–Crippen LogP) is 1.92. The first kappa shape index (κ1) is 18.1. The number of hydrogen-bond donors (Lipinski definition) is 3. The summed E-state index contributed by atoms with van der Waals surface area (Å²) in [6.07, 6.45) is -6.73. The number of anilines is 1. The Morgan fingerprint density at radius 2 is 2.12 bits per heavy atom. The van der Waals surface area contributed by atoms with Crippen LogP contribution in [-0.4, -0.2) is 32.6 Å². The number of rotatable bonds is 3. The summed E-state index contributed by atoms with van der Waals surface area (Å²) in [5, 5.41) is 13.2. The van der Waals surface area contributed by atoms with E-state index in [1.54, 1.807) is 5.32 Å². The number of nitrogens with zero attached hydrogens (tertiary/aromatic N) is 2. The maximum Gasteiger partial charge on any atom is 0.440 e. The van der Waals surface area contributed by atoms with Crippen molar-refractivity contribution in [1.82, 2.24) is 14.9 Å². The molecular weight excluding hydrogens is 360 g/mol. The molecular formula is C15H14F4N4O3. The van der Waals surface area contributed by atoms with Crippen molar-refractivity contribution >= 4 is 28.8 Å². The highest BCUT2D eigenvalue weighted by Crippen LogP contribution is 2.44. The second-order valence-corrected chi connectivity index (χ2v) is 5.85. The average Bonchev–Trinajstić information content (AvgIpc) is 3.02. The van der Waals surface area contributed by atoms with E-state index in [1.807, 2.05) is 5.32 Å². The standard InChI is InChI=1S/C15H14F4N4O3/c1-3-9(25)22-14(15(17,18)19)12(26)21-13-20-11-8(23(13)14)5-4-7(6(2)24)10(11)16/h4-6,24H,3H2,1-2H3,(H,22,25)(H,20,21,26). The van der Waals surface area contributed by atoms with Gasteiger partial charge in [0.05, 0.1) is 11.6 Å². The molecule has 2 atom stereocenters. The molecule has 26 heavy (non-hydrogen) atoms. The van der Waals surface area contributed by atoms with E-state index in [-0.39, 0.29) is 17.5 Å². The van der Waals surface area contributed by atoms with Crippen molar-refractivity contribution < 1.29 is 32.3 Å². The van der Waals surface area contributed by atoms with E-state index in [9.17, 15) is 32.3 Å². The molecule has 0 fully saturated rings. The summed E-state index contributed by atoms with van der Waals surface area (Å²) in [6, 6.07) is 2.21. The van der Waals surface area contributed by atoms with Gasteiger partial charge in [0.1, 0.15) is 5.52 Å². The summed E-state index contributed by atoms with van der Waals surface area (Å²) in [7, 11) is 0. The maximum atomic E-state index is 14.5. The van der Waals surface area contributed by atoms with Crippen molar-refractivity contribution in [2.24, 2.45) is 0 Å². The Hall–Kier alpha value is -2.69. The van der Waals surface area contributed by atoms with E-state index in [0.29, 0.717) is 4.57 Å². The largest absolute Gasteiger partial charge is 0.440 e. The molecule has 7 nitrogen and oxygen atoms in total. The average molecular weight is 374 g/mol. The van der Waals surface area contributed by atoms with Gasteiger partial charge in [0, 0.05) is 12.0 Å². The minimum atomic E-state index is -5.22. The van der Waals surface area contributed by atoms with Crippen LogP contribution in [0.2, 0.25) is 0 Å². The van der Waals surface area contributed by atoms with E-state index in [2.05, 4.69) is 4.98 Å². The number of imidazole rings is 1. The number of halogens is 4. The van der Waals surface area contributed by atoms with Crippen molar-refractivity contribution in [1.29, 1.82) is 0 Å². The van der Waals surface area contributed by atoms with Gasteiger partial charge in [-0.05, 0) is 13.0 Å². The molecule has 1 aromatic carbocycles. The summed E-state index contributed by atoms with van der Waals surface area (Å²) in [5.74, 6) is -4.13. The Morgan fingerprint density at radius 3 is 2.65 bits per heavy atom. The number of carbonyl (C=O) groups is 2. The van der Waals surface area contributed by atoms with Crippen LogP contribution in [0.1, 0.15) is 31.9 Å². The first-order valence-corrected chi connectivity index (χ1v) is 7.63. The van der Waals surface area contributed by atoms with E-state index in [1.165, 1.54) is 13.8 Å². The molecule has 2 amide bonds. The Kier molecular flexibility index (Phi) is 3.94. The summed E-state index contributed by atoms with van der Waals surface area (Å²) < 4.78 is 56.6. The smallest absolute Gasteiger partial charge is 0.389 e. The number of benzene rings is 1. The molecule has 2 heterocycles. The van der Waals surface area contributed by atoms with Crippen molar-refractivity contribution in [3.63, 3.8) is 0 Å². The van der Waals surface area contributed by atoms with Gasteiger partial charge >= 0.3 is 6.18 Å². The molecule has 0 radical (unpaired) electrons. The molecule has 2 aromatic rings. The normalized spacial score (nSPS) is 20.8. The lowest BCUT2D eigenvalue weighted by molar-refractivity contribution is -0.217. The summed E-state index contributed by atoms with van der Waals surface area (Å²) in [6.45, 7) is 2.62. The van der Waals surface area contributed by atoms with Crippen LogP contribution in [0.25, 0.3) is 11.0 Å². The molecule has 3 N–H and O–H groups in total. The van der Waals surface area contributed by atoms with Crippen molar-refractivity contribution in [3.8, 4) is 0 Å². The number of aromatic nitrogens is 2. The number of hydrogen-bond acceptors (Lipinski definition) is 4. The third-order valence-electron chi connectivity index (χ3n) is 4.19. The molecule has 2 unspecified atom stereocenters. The second kappa shape index (κ2) is 5.66. The summed E-state index contributed by atoms with van der Waals surface area (Å²) in [5.41, 5.74) is -4.41. The number of nitrogens with one attached hydrogen (secondary N) is 2. The minimum Gasteiger partial charge on any atom is -0.389 e. The van der Waals surface area contributed by atoms with Crippen LogP contribution in [-0.2, 0) is 15.3 Å². The fraction of sp³-hybridized carbons (Fsp3) is 0.400. The number of aliphatic hydroxyl groups is 1. The molecule has 0 spiro atoms. The first-order valence-electron chi connectivity index (χ1n) is 7.63.